The first-order chi connectivity index (χ1) is 8.67. The first-order valence-electron chi connectivity index (χ1n) is 5.30. The van der Waals surface area contributed by atoms with E-state index < -0.39 is 0 Å². The number of nitrogens with one attached hydrogen (secondary N) is 1. The van der Waals surface area contributed by atoms with E-state index >= 15 is 0 Å². The van der Waals surface area contributed by atoms with Gasteiger partial charge in [0.25, 0.3) is 0 Å². The molecule has 0 unspecified atom stereocenters. The van der Waals surface area contributed by atoms with Gasteiger partial charge in [-0.15, -0.1) is 11.6 Å². The van der Waals surface area contributed by atoms with Crippen LogP contribution in [0.15, 0.2) is 36.7 Å². The summed E-state index contributed by atoms with van der Waals surface area (Å²) in [4.78, 5) is 11.1. The number of aromatic nitrogens is 2. The van der Waals surface area contributed by atoms with Crippen molar-refractivity contribution in [3.05, 3.63) is 47.2 Å². The van der Waals surface area contributed by atoms with E-state index in [1.54, 1.807) is 17.1 Å². The van der Waals surface area contributed by atoms with Crippen LogP contribution in [-0.2, 0) is 11.3 Å². The number of amides is 1. The maximum Gasteiger partial charge on any atom is 0.239 e. The van der Waals surface area contributed by atoms with Crippen LogP contribution < -0.4 is 5.32 Å². The van der Waals surface area contributed by atoms with Crippen LogP contribution in [0.1, 0.15) is 5.56 Å². The fraction of sp³-hybridized carbons (Fsp3) is 0.167. The molecule has 6 heteroatoms. The van der Waals surface area contributed by atoms with Crippen molar-refractivity contribution in [1.29, 1.82) is 0 Å². The van der Waals surface area contributed by atoms with E-state index in [0.29, 0.717) is 17.3 Å². The molecule has 4 nitrogen and oxygen atoms in total. The average molecular weight is 284 g/mol. The van der Waals surface area contributed by atoms with E-state index in [1.165, 1.54) is 0 Å². The normalized spacial score (nSPS) is 10.3. The number of halogens is 2. The van der Waals surface area contributed by atoms with E-state index in [2.05, 4.69) is 10.4 Å². The van der Waals surface area contributed by atoms with E-state index in [4.69, 9.17) is 23.2 Å². The first-order valence-corrected chi connectivity index (χ1v) is 6.21. The van der Waals surface area contributed by atoms with Crippen LogP contribution in [-0.4, -0.2) is 21.6 Å². The van der Waals surface area contributed by atoms with E-state index in [9.17, 15) is 4.79 Å². The topological polar surface area (TPSA) is 46.9 Å². The number of nitrogens with zero attached hydrogens (tertiary/aromatic N) is 2. The second kappa shape index (κ2) is 5.89. The fourth-order valence-corrected chi connectivity index (χ4v) is 1.68. The number of alkyl halides is 1. The third kappa shape index (κ3) is 3.48. The summed E-state index contributed by atoms with van der Waals surface area (Å²) < 4.78 is 1.73. The van der Waals surface area contributed by atoms with Crippen molar-refractivity contribution in [3.63, 3.8) is 0 Å². The molecule has 0 bridgehead atoms. The van der Waals surface area contributed by atoms with Gasteiger partial charge in [-0.3, -0.25) is 9.48 Å². The molecule has 0 saturated heterocycles. The van der Waals surface area contributed by atoms with Gasteiger partial charge in [0.2, 0.25) is 5.91 Å². The zero-order valence-electron chi connectivity index (χ0n) is 9.44. The highest BCUT2D eigenvalue weighted by atomic mass is 35.5. The smallest absolute Gasteiger partial charge is 0.239 e. The molecule has 2 aromatic rings. The van der Waals surface area contributed by atoms with E-state index in [-0.39, 0.29) is 11.8 Å². The third-order valence-corrected chi connectivity index (χ3v) is 2.79. The largest absolute Gasteiger partial charge is 0.322 e. The highest BCUT2D eigenvalue weighted by Gasteiger charge is 2.03. The van der Waals surface area contributed by atoms with Crippen LogP contribution in [0.3, 0.4) is 0 Å². The summed E-state index contributed by atoms with van der Waals surface area (Å²) in [5, 5.41) is 7.48. The molecule has 0 aliphatic rings. The minimum absolute atomic E-state index is 0.0671. The number of benzene rings is 1. The molecule has 0 radical (unpaired) electrons. The monoisotopic (exact) mass is 283 g/mol. The molecular weight excluding hydrogens is 273 g/mol. The van der Waals surface area contributed by atoms with Gasteiger partial charge in [-0.05, 0) is 17.7 Å². The summed E-state index contributed by atoms with van der Waals surface area (Å²) >= 11 is 11.2. The molecule has 94 valence electrons. The molecule has 1 aromatic heterocycles. The Bertz CT molecular complexity index is 537. The van der Waals surface area contributed by atoms with Gasteiger partial charge in [0.15, 0.2) is 0 Å². The maximum absolute atomic E-state index is 11.1. The molecule has 1 N–H and O–H groups in total. The lowest BCUT2D eigenvalue weighted by Crippen LogP contribution is -2.11. The molecular formula is C12H11Cl2N3O. The number of carbonyl (C=O) groups excluding carboxylic acids is 1. The van der Waals surface area contributed by atoms with Crippen LogP contribution in [0.5, 0.6) is 0 Å². The lowest BCUT2D eigenvalue weighted by atomic mass is 10.2. The Morgan fingerprint density at radius 1 is 1.33 bits per heavy atom. The lowest BCUT2D eigenvalue weighted by molar-refractivity contribution is -0.113. The predicted molar refractivity (Wildman–Crippen MR) is 72.1 cm³/mol. The molecule has 0 spiro atoms. The van der Waals surface area contributed by atoms with Crippen LogP contribution in [0, 0.1) is 0 Å². The molecule has 0 fully saturated rings. The fourth-order valence-electron chi connectivity index (χ4n) is 1.49. The van der Waals surface area contributed by atoms with Gasteiger partial charge in [0, 0.05) is 11.2 Å². The van der Waals surface area contributed by atoms with Gasteiger partial charge in [0.1, 0.15) is 5.88 Å². The summed E-state index contributed by atoms with van der Waals surface area (Å²) in [6.07, 6.45) is 3.33. The second-order valence-electron chi connectivity index (χ2n) is 3.73. The molecule has 0 saturated carbocycles. The van der Waals surface area contributed by atoms with Crippen molar-refractivity contribution < 1.29 is 4.79 Å². The number of rotatable bonds is 4. The van der Waals surface area contributed by atoms with Gasteiger partial charge in [-0.2, -0.15) is 5.10 Å². The first kappa shape index (κ1) is 12.9. The quantitative estimate of drug-likeness (QED) is 0.877. The van der Waals surface area contributed by atoms with Gasteiger partial charge in [-0.25, -0.2) is 0 Å². The Labute approximate surface area is 115 Å². The molecule has 1 aromatic carbocycles. The van der Waals surface area contributed by atoms with Crippen molar-refractivity contribution in [2.24, 2.45) is 0 Å². The number of hydrogen-bond acceptors (Lipinski definition) is 2. The highest BCUT2D eigenvalue weighted by molar-refractivity contribution is 6.30. The lowest BCUT2D eigenvalue weighted by Gasteiger charge is -2.01. The van der Waals surface area contributed by atoms with Crippen molar-refractivity contribution >= 4 is 34.8 Å². The van der Waals surface area contributed by atoms with Crippen molar-refractivity contribution in [1.82, 2.24) is 9.78 Å². The third-order valence-electron chi connectivity index (χ3n) is 2.30. The minimum Gasteiger partial charge on any atom is -0.322 e. The Kier molecular flexibility index (Phi) is 4.23. The van der Waals surface area contributed by atoms with Crippen molar-refractivity contribution in [2.75, 3.05) is 11.2 Å². The second-order valence-corrected chi connectivity index (χ2v) is 4.44. The predicted octanol–water partition coefficient (Wildman–Crippen LogP) is 2.76. The molecule has 1 amide bonds. The van der Waals surface area contributed by atoms with Crippen molar-refractivity contribution in [2.45, 2.75) is 6.54 Å². The Morgan fingerprint density at radius 3 is 2.72 bits per heavy atom. The van der Waals surface area contributed by atoms with E-state index in [1.807, 2.05) is 24.3 Å². The Hall–Kier alpha value is -1.52. The van der Waals surface area contributed by atoms with Crippen LogP contribution in [0.4, 0.5) is 5.69 Å². The van der Waals surface area contributed by atoms with Crippen LogP contribution in [0.25, 0.3) is 0 Å². The summed E-state index contributed by atoms with van der Waals surface area (Å²) in [5.74, 6) is -0.315. The zero-order chi connectivity index (χ0) is 13.0. The standard InChI is InChI=1S/C12H11Cl2N3O/c13-5-12(18)16-11-6-15-17(8-11)7-9-1-3-10(14)4-2-9/h1-4,6,8H,5,7H2,(H,16,18). The summed E-state index contributed by atoms with van der Waals surface area (Å²) in [6, 6.07) is 7.52. The van der Waals surface area contributed by atoms with Gasteiger partial charge in [-0.1, -0.05) is 23.7 Å². The molecule has 1 heterocycles. The molecule has 0 atom stereocenters. The van der Waals surface area contributed by atoms with Gasteiger partial charge >= 0.3 is 0 Å². The number of hydrogen-bond donors (Lipinski definition) is 1. The summed E-state index contributed by atoms with van der Waals surface area (Å²) in [7, 11) is 0. The summed E-state index contributed by atoms with van der Waals surface area (Å²) in [6.45, 7) is 0.619. The molecule has 0 aliphatic carbocycles. The van der Waals surface area contributed by atoms with Gasteiger partial charge < -0.3 is 5.32 Å². The molecule has 2 rings (SSSR count). The summed E-state index contributed by atoms with van der Waals surface area (Å²) in [5.41, 5.74) is 1.72. The van der Waals surface area contributed by atoms with Gasteiger partial charge in [0.05, 0.1) is 18.4 Å². The van der Waals surface area contributed by atoms with Crippen LogP contribution in [0.2, 0.25) is 5.02 Å². The highest BCUT2D eigenvalue weighted by Crippen LogP contribution is 2.12. The van der Waals surface area contributed by atoms with Crippen LogP contribution >= 0.6 is 23.2 Å². The molecule has 0 aliphatic heterocycles. The van der Waals surface area contributed by atoms with E-state index in [0.717, 1.165) is 5.56 Å². The average Bonchev–Trinajstić information content (AvgIpc) is 2.79. The maximum atomic E-state index is 11.1. The number of carbonyl (C=O) groups is 1. The zero-order valence-corrected chi connectivity index (χ0v) is 10.9. The Morgan fingerprint density at radius 2 is 2.06 bits per heavy atom. The SMILES string of the molecule is O=C(CCl)Nc1cnn(Cc2ccc(Cl)cc2)c1. The number of anilines is 1. The van der Waals surface area contributed by atoms with Crippen molar-refractivity contribution in [3.8, 4) is 0 Å². The minimum atomic E-state index is -0.247. The molecule has 18 heavy (non-hydrogen) atoms. The Balaban J connectivity index is 2.02.